The van der Waals surface area contributed by atoms with Crippen LogP contribution in [0.3, 0.4) is 0 Å². The van der Waals surface area contributed by atoms with E-state index >= 15 is 0 Å². The topological polar surface area (TPSA) is 28.2 Å². The molecule has 1 saturated heterocycles. The van der Waals surface area contributed by atoms with Gasteiger partial charge in [-0.2, -0.15) is 13.2 Å². The van der Waals surface area contributed by atoms with Gasteiger partial charge in [0.05, 0.1) is 6.54 Å². The molecule has 0 spiro atoms. The fraction of sp³-hybridized carbons (Fsp3) is 0.583. The largest absolute Gasteiger partial charge is 0.401 e. The Hall–Kier alpha value is -1.01. The lowest BCUT2D eigenvalue weighted by atomic mass is 10.0. The first kappa shape index (κ1) is 14.4. The molecule has 106 valence electrons. The summed E-state index contributed by atoms with van der Waals surface area (Å²) in [6, 6.07) is 3.69. The molecule has 0 saturated carbocycles. The van der Waals surface area contributed by atoms with Crippen LogP contribution < -0.4 is 5.32 Å². The molecule has 0 amide bonds. The maximum absolute atomic E-state index is 12.2. The van der Waals surface area contributed by atoms with Crippen LogP contribution in [0.4, 0.5) is 18.9 Å². The molecule has 0 bridgehead atoms. The zero-order chi connectivity index (χ0) is 13.9. The van der Waals surface area contributed by atoms with Crippen molar-refractivity contribution in [3.05, 3.63) is 23.5 Å². The van der Waals surface area contributed by atoms with Gasteiger partial charge in [-0.15, -0.1) is 0 Å². The number of hydrogen-bond donors (Lipinski definition) is 1. The number of rotatable bonds is 3. The first-order chi connectivity index (χ1) is 8.92. The minimum atomic E-state index is -4.11. The van der Waals surface area contributed by atoms with Gasteiger partial charge in [0, 0.05) is 31.0 Å². The van der Waals surface area contributed by atoms with E-state index in [1.165, 1.54) is 4.90 Å². The highest BCUT2D eigenvalue weighted by Crippen LogP contribution is 2.22. The zero-order valence-corrected chi connectivity index (χ0v) is 11.0. The lowest BCUT2D eigenvalue weighted by Crippen LogP contribution is -2.43. The fourth-order valence-corrected chi connectivity index (χ4v) is 2.39. The van der Waals surface area contributed by atoms with Gasteiger partial charge in [-0.3, -0.25) is 4.90 Å². The summed E-state index contributed by atoms with van der Waals surface area (Å²) in [4.78, 5) is 5.32. The second kappa shape index (κ2) is 5.96. The molecule has 1 N–H and O–H groups in total. The number of hydrogen-bond acceptors (Lipinski definition) is 3. The molecule has 1 aliphatic heterocycles. The van der Waals surface area contributed by atoms with Crippen molar-refractivity contribution in [2.24, 2.45) is 0 Å². The number of piperidine rings is 1. The van der Waals surface area contributed by atoms with Gasteiger partial charge in [0.1, 0.15) is 5.15 Å². The Morgan fingerprint density at radius 1 is 1.37 bits per heavy atom. The Bertz CT molecular complexity index is 417. The first-order valence-electron chi connectivity index (χ1n) is 6.09. The van der Waals surface area contributed by atoms with Gasteiger partial charge in [-0.05, 0) is 25.0 Å². The average molecular weight is 294 g/mol. The summed E-state index contributed by atoms with van der Waals surface area (Å²) in [6.07, 6.45) is -1.13. The minimum Gasteiger partial charge on any atom is -0.382 e. The lowest BCUT2D eigenvalue weighted by molar-refractivity contribution is -0.147. The minimum absolute atomic E-state index is 0.183. The summed E-state index contributed by atoms with van der Waals surface area (Å²) in [7, 11) is 0. The summed E-state index contributed by atoms with van der Waals surface area (Å²) >= 11 is 5.77. The van der Waals surface area contributed by atoms with E-state index < -0.39 is 12.7 Å². The highest BCUT2D eigenvalue weighted by atomic mass is 35.5. The molecule has 1 aromatic heterocycles. The predicted octanol–water partition coefficient (Wildman–Crippen LogP) is 3.17. The summed E-state index contributed by atoms with van der Waals surface area (Å²) in [5.74, 6) is 0. The highest BCUT2D eigenvalue weighted by Gasteiger charge is 2.32. The van der Waals surface area contributed by atoms with E-state index in [0.717, 1.165) is 5.69 Å². The van der Waals surface area contributed by atoms with Crippen LogP contribution >= 0.6 is 11.6 Å². The smallest absolute Gasteiger partial charge is 0.382 e. The molecule has 1 aliphatic rings. The number of nitrogens with zero attached hydrogens (tertiary/aromatic N) is 2. The van der Waals surface area contributed by atoms with Crippen molar-refractivity contribution in [2.45, 2.75) is 25.1 Å². The van der Waals surface area contributed by atoms with Crippen molar-refractivity contribution in [2.75, 3.05) is 25.0 Å². The number of pyridine rings is 1. The Morgan fingerprint density at radius 2 is 2.05 bits per heavy atom. The van der Waals surface area contributed by atoms with E-state index in [1.54, 1.807) is 18.3 Å². The first-order valence-corrected chi connectivity index (χ1v) is 6.47. The molecule has 7 heteroatoms. The van der Waals surface area contributed by atoms with Crippen LogP contribution in [0.1, 0.15) is 12.8 Å². The third-order valence-corrected chi connectivity index (χ3v) is 3.29. The van der Waals surface area contributed by atoms with Gasteiger partial charge in [-0.25, -0.2) is 4.98 Å². The fourth-order valence-electron chi connectivity index (χ4n) is 2.22. The second-order valence-corrected chi connectivity index (χ2v) is 5.06. The van der Waals surface area contributed by atoms with Crippen molar-refractivity contribution < 1.29 is 13.2 Å². The number of anilines is 1. The number of aromatic nitrogens is 1. The van der Waals surface area contributed by atoms with Crippen molar-refractivity contribution in [1.82, 2.24) is 9.88 Å². The Kier molecular flexibility index (Phi) is 4.52. The van der Waals surface area contributed by atoms with Gasteiger partial charge in [-0.1, -0.05) is 11.6 Å². The van der Waals surface area contributed by atoms with E-state index in [9.17, 15) is 13.2 Å². The highest BCUT2D eigenvalue weighted by molar-refractivity contribution is 6.29. The van der Waals surface area contributed by atoms with Gasteiger partial charge in [0.25, 0.3) is 0 Å². The quantitative estimate of drug-likeness (QED) is 0.868. The van der Waals surface area contributed by atoms with Crippen LogP contribution in [-0.4, -0.2) is 41.7 Å². The van der Waals surface area contributed by atoms with Crippen molar-refractivity contribution in [1.29, 1.82) is 0 Å². The Morgan fingerprint density at radius 3 is 2.63 bits per heavy atom. The maximum atomic E-state index is 12.2. The van der Waals surface area contributed by atoms with Crippen LogP contribution in [-0.2, 0) is 0 Å². The van der Waals surface area contributed by atoms with Crippen LogP contribution in [0.15, 0.2) is 18.3 Å². The normalized spacial score (nSPS) is 18.5. The Balaban J connectivity index is 1.80. The number of alkyl halides is 3. The SMILES string of the molecule is FC(F)(F)CN1CCC(Nc2ccnc(Cl)c2)CC1. The van der Waals surface area contributed by atoms with E-state index in [2.05, 4.69) is 10.3 Å². The number of likely N-dealkylation sites (tertiary alicyclic amines) is 1. The molecule has 19 heavy (non-hydrogen) atoms. The molecule has 0 atom stereocenters. The van der Waals surface area contributed by atoms with Gasteiger partial charge < -0.3 is 5.32 Å². The molecule has 1 fully saturated rings. The number of nitrogens with one attached hydrogen (secondary N) is 1. The molecule has 0 aromatic carbocycles. The predicted molar refractivity (Wildman–Crippen MR) is 68.4 cm³/mol. The summed E-state index contributed by atoms with van der Waals surface area (Å²) in [6.45, 7) is 0.0901. The van der Waals surface area contributed by atoms with Gasteiger partial charge >= 0.3 is 6.18 Å². The molecule has 1 aromatic rings. The molecule has 2 heterocycles. The average Bonchev–Trinajstić information content (AvgIpc) is 2.30. The zero-order valence-electron chi connectivity index (χ0n) is 10.3. The molecular weight excluding hydrogens is 279 g/mol. The molecule has 0 unspecified atom stereocenters. The third kappa shape index (κ3) is 4.87. The van der Waals surface area contributed by atoms with E-state index in [0.29, 0.717) is 31.1 Å². The van der Waals surface area contributed by atoms with Crippen molar-refractivity contribution in [3.63, 3.8) is 0 Å². The Labute approximate surface area is 114 Å². The molecule has 0 aliphatic carbocycles. The van der Waals surface area contributed by atoms with Crippen LogP contribution in [0, 0.1) is 0 Å². The lowest BCUT2D eigenvalue weighted by Gasteiger charge is -2.33. The maximum Gasteiger partial charge on any atom is 0.401 e. The van der Waals surface area contributed by atoms with Crippen LogP contribution in [0.5, 0.6) is 0 Å². The van der Waals surface area contributed by atoms with Crippen molar-refractivity contribution in [3.8, 4) is 0 Å². The van der Waals surface area contributed by atoms with Crippen LogP contribution in [0.25, 0.3) is 0 Å². The summed E-state index contributed by atoms with van der Waals surface area (Å²) in [5.41, 5.74) is 0.856. The van der Waals surface area contributed by atoms with E-state index in [4.69, 9.17) is 11.6 Å². The molecular formula is C12H15ClF3N3. The third-order valence-electron chi connectivity index (χ3n) is 3.09. The summed E-state index contributed by atoms with van der Waals surface area (Å²) in [5, 5.41) is 3.68. The van der Waals surface area contributed by atoms with Gasteiger partial charge in [0.2, 0.25) is 0 Å². The number of halogens is 4. The summed E-state index contributed by atoms with van der Waals surface area (Å²) < 4.78 is 36.7. The second-order valence-electron chi connectivity index (χ2n) is 4.68. The molecule has 3 nitrogen and oxygen atoms in total. The standard InChI is InChI=1S/C12H15ClF3N3/c13-11-7-10(1-4-17-11)18-9-2-5-19(6-3-9)8-12(14,15)16/h1,4,7,9H,2-3,5-6,8H2,(H,17,18). The van der Waals surface area contributed by atoms with E-state index in [1.807, 2.05) is 0 Å². The van der Waals surface area contributed by atoms with E-state index in [-0.39, 0.29) is 6.04 Å². The molecule has 2 rings (SSSR count). The van der Waals surface area contributed by atoms with Gasteiger partial charge in [0.15, 0.2) is 0 Å². The van der Waals surface area contributed by atoms with Crippen molar-refractivity contribution >= 4 is 17.3 Å². The monoisotopic (exact) mass is 293 g/mol. The molecule has 0 radical (unpaired) electrons. The van der Waals surface area contributed by atoms with Crippen LogP contribution in [0.2, 0.25) is 5.15 Å².